The predicted molar refractivity (Wildman–Crippen MR) is 80.1 cm³/mol. The van der Waals surface area contributed by atoms with Gasteiger partial charge in [0.25, 0.3) is 0 Å². The van der Waals surface area contributed by atoms with Crippen molar-refractivity contribution in [2.45, 2.75) is 32.6 Å². The maximum atomic E-state index is 12.3. The van der Waals surface area contributed by atoms with E-state index in [4.69, 9.17) is 10.9 Å². The maximum Gasteiger partial charge on any atom is 0.237 e. The van der Waals surface area contributed by atoms with Crippen LogP contribution in [0.15, 0.2) is 0 Å². The van der Waals surface area contributed by atoms with Crippen LogP contribution >= 0.6 is 0 Å². The van der Waals surface area contributed by atoms with Gasteiger partial charge in [0.15, 0.2) is 0 Å². The first-order valence-electron chi connectivity index (χ1n) is 7.73. The Morgan fingerprint density at radius 3 is 2.52 bits per heavy atom. The van der Waals surface area contributed by atoms with E-state index in [1.54, 1.807) is 4.90 Å². The van der Waals surface area contributed by atoms with Crippen LogP contribution in [0.4, 0.5) is 0 Å². The Morgan fingerprint density at radius 1 is 1.33 bits per heavy atom. The lowest BCUT2D eigenvalue weighted by molar-refractivity contribution is -0.136. The van der Waals surface area contributed by atoms with E-state index in [9.17, 15) is 9.59 Å². The molecule has 0 aromatic heterocycles. The van der Waals surface area contributed by atoms with Crippen molar-refractivity contribution in [3.8, 4) is 0 Å². The van der Waals surface area contributed by atoms with Crippen LogP contribution in [-0.4, -0.2) is 66.1 Å². The fraction of sp³-hybridized carbons (Fsp3) is 0.857. The highest BCUT2D eigenvalue weighted by Crippen LogP contribution is 2.17. The molecule has 0 bridgehead atoms. The molecular weight excluding hydrogens is 272 g/mol. The fourth-order valence-electron chi connectivity index (χ4n) is 2.59. The van der Waals surface area contributed by atoms with E-state index in [0.717, 1.165) is 19.4 Å². The molecule has 7 heteroatoms. The standard InChI is InChI=1S/C14H28N4O3/c1-2-3-6-17(9-10-19)11-13(20)18-7-4-12(5-8-18)14(21)16-15/h12,19H,2-11,15H2,1H3,(H,16,21). The number of likely N-dealkylation sites (tertiary alicyclic amines) is 1. The molecule has 7 nitrogen and oxygen atoms in total. The van der Waals surface area contributed by atoms with Crippen molar-refractivity contribution in [1.82, 2.24) is 15.2 Å². The SMILES string of the molecule is CCCCN(CCO)CC(=O)N1CCC(C(=O)NN)CC1. The Balaban J connectivity index is 2.39. The van der Waals surface area contributed by atoms with Crippen molar-refractivity contribution >= 4 is 11.8 Å². The van der Waals surface area contributed by atoms with Gasteiger partial charge >= 0.3 is 0 Å². The average Bonchev–Trinajstić information content (AvgIpc) is 2.52. The van der Waals surface area contributed by atoms with Gasteiger partial charge in [-0.15, -0.1) is 0 Å². The Kier molecular flexibility index (Phi) is 8.26. The van der Waals surface area contributed by atoms with Crippen LogP contribution in [0.5, 0.6) is 0 Å². The molecule has 0 aliphatic carbocycles. The van der Waals surface area contributed by atoms with Crippen molar-refractivity contribution < 1.29 is 14.7 Å². The van der Waals surface area contributed by atoms with E-state index in [1.165, 1.54) is 0 Å². The Morgan fingerprint density at radius 2 is 2.00 bits per heavy atom. The minimum Gasteiger partial charge on any atom is -0.395 e. The van der Waals surface area contributed by atoms with Gasteiger partial charge in [0.1, 0.15) is 0 Å². The molecule has 0 spiro atoms. The number of aliphatic hydroxyl groups is 1. The zero-order valence-corrected chi connectivity index (χ0v) is 12.9. The highest BCUT2D eigenvalue weighted by molar-refractivity contribution is 5.80. The van der Waals surface area contributed by atoms with Gasteiger partial charge in [0.05, 0.1) is 13.2 Å². The van der Waals surface area contributed by atoms with Gasteiger partial charge in [-0.05, 0) is 25.8 Å². The maximum absolute atomic E-state index is 12.3. The normalized spacial score (nSPS) is 16.3. The summed E-state index contributed by atoms with van der Waals surface area (Å²) in [6, 6.07) is 0. The third-order valence-corrected chi connectivity index (χ3v) is 3.96. The number of nitrogens with one attached hydrogen (secondary N) is 1. The largest absolute Gasteiger partial charge is 0.395 e. The van der Waals surface area contributed by atoms with Crippen molar-refractivity contribution in [2.75, 3.05) is 39.3 Å². The number of rotatable bonds is 8. The monoisotopic (exact) mass is 300 g/mol. The van der Waals surface area contributed by atoms with Crippen molar-refractivity contribution in [3.63, 3.8) is 0 Å². The Labute approximate surface area is 126 Å². The van der Waals surface area contributed by atoms with Crippen LogP contribution in [0.3, 0.4) is 0 Å². The number of carbonyl (C=O) groups is 2. The molecule has 1 fully saturated rings. The van der Waals surface area contributed by atoms with Crippen LogP contribution in [0.2, 0.25) is 0 Å². The number of amides is 2. The van der Waals surface area contributed by atoms with Crippen molar-refractivity contribution in [1.29, 1.82) is 0 Å². The summed E-state index contributed by atoms with van der Waals surface area (Å²) >= 11 is 0. The second-order valence-electron chi connectivity index (χ2n) is 5.52. The molecule has 0 atom stereocenters. The first-order valence-corrected chi connectivity index (χ1v) is 7.73. The summed E-state index contributed by atoms with van der Waals surface area (Å²) in [4.78, 5) is 27.5. The zero-order chi connectivity index (χ0) is 15.7. The van der Waals surface area contributed by atoms with Gasteiger partial charge in [-0.2, -0.15) is 0 Å². The van der Waals surface area contributed by atoms with Gasteiger partial charge in [0, 0.05) is 25.6 Å². The first kappa shape index (κ1) is 17.9. The summed E-state index contributed by atoms with van der Waals surface area (Å²) < 4.78 is 0. The van der Waals surface area contributed by atoms with E-state index >= 15 is 0 Å². The molecular formula is C14H28N4O3. The van der Waals surface area contributed by atoms with E-state index in [1.807, 2.05) is 4.90 Å². The minimum atomic E-state index is -0.146. The molecule has 1 heterocycles. The summed E-state index contributed by atoms with van der Waals surface area (Å²) in [5, 5.41) is 9.06. The summed E-state index contributed by atoms with van der Waals surface area (Å²) in [6.07, 6.45) is 3.40. The molecule has 0 aromatic carbocycles. The highest BCUT2D eigenvalue weighted by atomic mass is 16.3. The molecule has 2 amide bonds. The first-order chi connectivity index (χ1) is 10.1. The van der Waals surface area contributed by atoms with Crippen LogP contribution in [0.1, 0.15) is 32.6 Å². The van der Waals surface area contributed by atoms with Crippen LogP contribution < -0.4 is 11.3 Å². The van der Waals surface area contributed by atoms with Crippen LogP contribution in [0.25, 0.3) is 0 Å². The molecule has 1 rings (SSSR count). The fourth-order valence-corrected chi connectivity index (χ4v) is 2.59. The predicted octanol–water partition coefficient (Wildman–Crippen LogP) is -0.691. The average molecular weight is 300 g/mol. The van der Waals surface area contributed by atoms with E-state index in [0.29, 0.717) is 39.0 Å². The number of hydrogen-bond acceptors (Lipinski definition) is 5. The summed E-state index contributed by atoms with van der Waals surface area (Å²) in [5.74, 6) is 4.97. The Hall–Kier alpha value is -1.18. The second-order valence-corrected chi connectivity index (χ2v) is 5.52. The quantitative estimate of drug-likeness (QED) is 0.313. The van der Waals surface area contributed by atoms with Gasteiger partial charge in [-0.3, -0.25) is 19.9 Å². The molecule has 0 radical (unpaired) electrons. The third kappa shape index (κ3) is 5.99. The number of hydrogen-bond donors (Lipinski definition) is 3. The Bertz CT molecular complexity index is 330. The molecule has 1 aliphatic rings. The number of hydrazine groups is 1. The van der Waals surface area contributed by atoms with Gasteiger partial charge < -0.3 is 10.0 Å². The van der Waals surface area contributed by atoms with Gasteiger partial charge in [-0.25, -0.2) is 5.84 Å². The molecule has 122 valence electrons. The summed E-state index contributed by atoms with van der Waals surface area (Å²) in [6.45, 7) is 5.05. The molecule has 1 saturated heterocycles. The summed E-state index contributed by atoms with van der Waals surface area (Å²) in [7, 11) is 0. The van der Waals surface area contributed by atoms with E-state index in [-0.39, 0.29) is 24.3 Å². The van der Waals surface area contributed by atoms with E-state index in [2.05, 4.69) is 12.3 Å². The van der Waals surface area contributed by atoms with Crippen molar-refractivity contribution in [2.24, 2.45) is 11.8 Å². The number of nitrogens with two attached hydrogens (primary N) is 1. The third-order valence-electron chi connectivity index (χ3n) is 3.96. The van der Waals surface area contributed by atoms with Gasteiger partial charge in [-0.1, -0.05) is 13.3 Å². The van der Waals surface area contributed by atoms with E-state index < -0.39 is 0 Å². The number of unbranched alkanes of at least 4 members (excludes halogenated alkanes) is 1. The summed E-state index contributed by atoms with van der Waals surface area (Å²) in [5.41, 5.74) is 2.17. The lowest BCUT2D eigenvalue weighted by Gasteiger charge is -2.32. The number of carbonyl (C=O) groups excluding carboxylic acids is 2. The number of piperidine rings is 1. The van der Waals surface area contributed by atoms with Crippen LogP contribution in [0, 0.1) is 5.92 Å². The van der Waals surface area contributed by atoms with Gasteiger partial charge in [0.2, 0.25) is 11.8 Å². The number of nitrogens with zero attached hydrogens (tertiary/aromatic N) is 2. The zero-order valence-electron chi connectivity index (χ0n) is 12.9. The van der Waals surface area contributed by atoms with Crippen molar-refractivity contribution in [3.05, 3.63) is 0 Å². The topological polar surface area (TPSA) is 98.9 Å². The second kappa shape index (κ2) is 9.70. The molecule has 0 unspecified atom stereocenters. The lowest BCUT2D eigenvalue weighted by Crippen LogP contribution is -2.47. The number of aliphatic hydroxyl groups excluding tert-OH is 1. The lowest BCUT2D eigenvalue weighted by atomic mass is 9.96. The van der Waals surface area contributed by atoms with Crippen LogP contribution in [-0.2, 0) is 9.59 Å². The molecule has 0 aromatic rings. The highest BCUT2D eigenvalue weighted by Gasteiger charge is 2.27. The smallest absolute Gasteiger partial charge is 0.237 e. The molecule has 21 heavy (non-hydrogen) atoms. The minimum absolute atomic E-state index is 0.0652. The molecule has 1 aliphatic heterocycles. The molecule has 4 N–H and O–H groups in total. The molecule has 0 saturated carbocycles.